The fourth-order valence-corrected chi connectivity index (χ4v) is 4.82. The normalized spacial score (nSPS) is 12.9. The molecule has 3 aromatic rings. The summed E-state index contributed by atoms with van der Waals surface area (Å²) in [5, 5.41) is 3.20. The van der Waals surface area contributed by atoms with Crippen molar-refractivity contribution in [2.75, 3.05) is 10.0 Å². The summed E-state index contributed by atoms with van der Waals surface area (Å²) in [7, 11) is -3.84. The Morgan fingerprint density at radius 2 is 1.60 bits per heavy atom. The Hall–Kier alpha value is -3.03. The van der Waals surface area contributed by atoms with Crippen LogP contribution in [0.15, 0.2) is 53.4 Å². The number of halogens is 1. The fraction of sp³-hybridized carbons (Fsp3) is 0.136. The molecular formula is C22H19ClN2O4S. The number of rotatable bonds is 3. The SMILES string of the molecule is Cc1cc(C)c(S(=O)(=O)Nc2ccc3c(c2)C(=O)Nc2cc(Cl)ccc2O3)cc1C. The number of benzene rings is 3. The van der Waals surface area contributed by atoms with E-state index < -0.39 is 15.9 Å². The molecule has 8 heteroatoms. The van der Waals surface area contributed by atoms with Gasteiger partial charge in [0.2, 0.25) is 0 Å². The van der Waals surface area contributed by atoms with Crippen LogP contribution < -0.4 is 14.8 Å². The molecule has 0 fully saturated rings. The molecule has 6 nitrogen and oxygen atoms in total. The molecule has 154 valence electrons. The van der Waals surface area contributed by atoms with Crippen molar-refractivity contribution in [3.8, 4) is 11.5 Å². The maximum Gasteiger partial charge on any atom is 0.262 e. The van der Waals surface area contributed by atoms with Gasteiger partial charge in [0.15, 0.2) is 5.75 Å². The Balaban J connectivity index is 1.69. The predicted molar refractivity (Wildman–Crippen MR) is 117 cm³/mol. The van der Waals surface area contributed by atoms with Gasteiger partial charge in [-0.25, -0.2) is 8.42 Å². The molecule has 0 aliphatic carbocycles. The topological polar surface area (TPSA) is 84.5 Å². The Bertz CT molecular complexity index is 1300. The standard InChI is InChI=1S/C22H19ClN2O4S/c1-12-8-14(3)21(9-13(12)2)30(27,28)25-16-5-7-19-17(11-16)22(26)24-18-10-15(23)4-6-20(18)29-19/h4-11,25H,1-3H3,(H,24,26). The van der Waals surface area contributed by atoms with E-state index >= 15 is 0 Å². The predicted octanol–water partition coefficient (Wildman–Crippen LogP) is 5.42. The van der Waals surface area contributed by atoms with Gasteiger partial charge < -0.3 is 10.1 Å². The highest BCUT2D eigenvalue weighted by atomic mass is 35.5. The maximum atomic E-state index is 13.0. The van der Waals surface area contributed by atoms with Gasteiger partial charge in [-0.3, -0.25) is 9.52 Å². The third-order valence-corrected chi connectivity index (χ3v) is 6.73. The molecule has 0 unspecified atom stereocenters. The van der Waals surface area contributed by atoms with Gasteiger partial charge in [0.25, 0.3) is 15.9 Å². The molecule has 0 saturated carbocycles. The maximum absolute atomic E-state index is 13.0. The first-order chi connectivity index (χ1) is 14.1. The fourth-order valence-electron chi connectivity index (χ4n) is 3.29. The van der Waals surface area contributed by atoms with Crippen LogP contribution in [0.2, 0.25) is 5.02 Å². The van der Waals surface area contributed by atoms with E-state index in [1.165, 1.54) is 6.07 Å². The van der Waals surface area contributed by atoms with E-state index in [0.717, 1.165) is 11.1 Å². The van der Waals surface area contributed by atoms with Crippen LogP contribution in [0.25, 0.3) is 0 Å². The summed E-state index contributed by atoms with van der Waals surface area (Å²) in [6, 6.07) is 13.0. The zero-order valence-corrected chi connectivity index (χ0v) is 18.1. The zero-order valence-electron chi connectivity index (χ0n) is 16.5. The number of carbonyl (C=O) groups excluding carboxylic acids is 1. The van der Waals surface area contributed by atoms with Crippen LogP contribution in [0, 0.1) is 20.8 Å². The van der Waals surface area contributed by atoms with Crippen LogP contribution in [-0.4, -0.2) is 14.3 Å². The quantitative estimate of drug-likeness (QED) is 0.566. The minimum atomic E-state index is -3.84. The molecule has 2 N–H and O–H groups in total. The van der Waals surface area contributed by atoms with Gasteiger partial charge >= 0.3 is 0 Å². The first-order valence-electron chi connectivity index (χ1n) is 9.17. The van der Waals surface area contributed by atoms with Gasteiger partial charge in [-0.05, 0) is 79.9 Å². The summed E-state index contributed by atoms with van der Waals surface area (Å²) in [5.41, 5.74) is 3.45. The average molecular weight is 443 g/mol. The number of hydrogen-bond donors (Lipinski definition) is 2. The van der Waals surface area contributed by atoms with Crippen LogP contribution in [0.3, 0.4) is 0 Å². The molecular weight excluding hydrogens is 424 g/mol. The monoisotopic (exact) mass is 442 g/mol. The molecule has 1 amide bonds. The second-order valence-corrected chi connectivity index (χ2v) is 9.30. The lowest BCUT2D eigenvalue weighted by Gasteiger charge is -2.14. The van der Waals surface area contributed by atoms with Crippen molar-refractivity contribution in [1.29, 1.82) is 0 Å². The van der Waals surface area contributed by atoms with Crippen LogP contribution in [-0.2, 0) is 10.0 Å². The first-order valence-corrected chi connectivity index (χ1v) is 11.0. The Morgan fingerprint density at radius 1 is 0.900 bits per heavy atom. The van der Waals surface area contributed by atoms with Gasteiger partial charge in [-0.1, -0.05) is 17.7 Å². The van der Waals surface area contributed by atoms with Crippen molar-refractivity contribution in [3.05, 3.63) is 75.8 Å². The largest absolute Gasteiger partial charge is 0.454 e. The van der Waals surface area contributed by atoms with Gasteiger partial charge in [0.1, 0.15) is 5.75 Å². The molecule has 30 heavy (non-hydrogen) atoms. The molecule has 1 aliphatic rings. The summed E-state index contributed by atoms with van der Waals surface area (Å²) in [5.74, 6) is 0.346. The van der Waals surface area contributed by atoms with Crippen molar-refractivity contribution in [2.24, 2.45) is 0 Å². The van der Waals surface area contributed by atoms with Crippen molar-refractivity contribution in [1.82, 2.24) is 0 Å². The van der Waals surface area contributed by atoms with E-state index in [0.29, 0.717) is 27.8 Å². The second-order valence-electron chi connectivity index (χ2n) is 7.22. The lowest BCUT2D eigenvalue weighted by molar-refractivity contribution is 0.102. The highest BCUT2D eigenvalue weighted by molar-refractivity contribution is 7.92. The van der Waals surface area contributed by atoms with Gasteiger partial charge in [-0.2, -0.15) is 0 Å². The van der Waals surface area contributed by atoms with Crippen LogP contribution in [0.1, 0.15) is 27.0 Å². The molecule has 0 aromatic heterocycles. The van der Waals surface area contributed by atoms with E-state index in [1.54, 1.807) is 43.3 Å². The highest BCUT2D eigenvalue weighted by Gasteiger charge is 2.23. The lowest BCUT2D eigenvalue weighted by Crippen LogP contribution is -2.16. The Labute approximate surface area is 179 Å². The first kappa shape index (κ1) is 20.3. The molecule has 0 saturated heterocycles. The minimum Gasteiger partial charge on any atom is -0.454 e. The van der Waals surface area contributed by atoms with E-state index in [-0.39, 0.29) is 16.1 Å². The van der Waals surface area contributed by atoms with Crippen LogP contribution >= 0.6 is 11.6 Å². The highest BCUT2D eigenvalue weighted by Crippen LogP contribution is 2.38. The van der Waals surface area contributed by atoms with Crippen molar-refractivity contribution in [3.63, 3.8) is 0 Å². The second kappa shape index (κ2) is 7.34. The van der Waals surface area contributed by atoms with E-state index in [9.17, 15) is 13.2 Å². The zero-order chi connectivity index (χ0) is 21.6. The summed E-state index contributed by atoms with van der Waals surface area (Å²) in [4.78, 5) is 12.9. The van der Waals surface area contributed by atoms with Crippen molar-refractivity contribution >= 4 is 38.9 Å². The third kappa shape index (κ3) is 3.74. The number of anilines is 2. The van der Waals surface area contributed by atoms with Crippen LogP contribution in [0.5, 0.6) is 11.5 Å². The number of hydrogen-bond acceptors (Lipinski definition) is 4. The van der Waals surface area contributed by atoms with Gasteiger partial charge in [-0.15, -0.1) is 0 Å². The van der Waals surface area contributed by atoms with Gasteiger partial charge in [0, 0.05) is 10.7 Å². The number of ether oxygens (including phenoxy) is 1. The molecule has 4 rings (SSSR count). The average Bonchev–Trinajstić information content (AvgIpc) is 2.80. The number of fused-ring (bicyclic) bond motifs is 2. The molecule has 1 aliphatic heterocycles. The third-order valence-electron chi connectivity index (χ3n) is 4.97. The Morgan fingerprint density at radius 3 is 2.37 bits per heavy atom. The lowest BCUT2D eigenvalue weighted by atomic mass is 10.1. The van der Waals surface area contributed by atoms with E-state index in [1.807, 2.05) is 19.9 Å². The smallest absolute Gasteiger partial charge is 0.262 e. The summed E-state index contributed by atoms with van der Waals surface area (Å²) in [6.45, 7) is 5.55. The number of amides is 1. The summed E-state index contributed by atoms with van der Waals surface area (Å²) in [6.07, 6.45) is 0. The minimum absolute atomic E-state index is 0.197. The molecule has 0 radical (unpaired) electrons. The van der Waals surface area contributed by atoms with Crippen LogP contribution in [0.4, 0.5) is 11.4 Å². The molecule has 0 spiro atoms. The van der Waals surface area contributed by atoms with Crippen molar-refractivity contribution < 1.29 is 17.9 Å². The van der Waals surface area contributed by atoms with E-state index in [4.69, 9.17) is 16.3 Å². The number of sulfonamides is 1. The number of nitrogens with one attached hydrogen (secondary N) is 2. The molecule has 3 aromatic carbocycles. The molecule has 1 heterocycles. The van der Waals surface area contributed by atoms with Gasteiger partial charge in [0.05, 0.1) is 16.1 Å². The van der Waals surface area contributed by atoms with Crippen molar-refractivity contribution in [2.45, 2.75) is 25.7 Å². The summed E-state index contributed by atoms with van der Waals surface area (Å²) >= 11 is 6.00. The van der Waals surface area contributed by atoms with E-state index in [2.05, 4.69) is 10.0 Å². The molecule has 0 atom stereocenters. The summed E-state index contributed by atoms with van der Waals surface area (Å²) < 4.78 is 34.3. The number of carbonyl (C=O) groups is 1. The number of aryl methyl sites for hydroxylation is 3. The Kier molecular flexibility index (Phi) is 4.95. The molecule has 0 bridgehead atoms.